The third-order valence-corrected chi connectivity index (χ3v) is 1.99. The van der Waals surface area contributed by atoms with E-state index < -0.39 is 5.97 Å². The molecule has 0 saturated carbocycles. The summed E-state index contributed by atoms with van der Waals surface area (Å²) in [5.41, 5.74) is 1.61. The number of carboxylic acid groups (broad SMARTS) is 1. The summed E-state index contributed by atoms with van der Waals surface area (Å²) >= 11 is 0. The largest absolute Gasteiger partial charge is 0.478 e. The molecule has 92 valence electrons. The molecule has 0 radical (unpaired) electrons. The molecule has 0 fully saturated rings. The normalized spacial score (nSPS) is 9.61. The molecule has 0 spiro atoms. The van der Waals surface area contributed by atoms with Gasteiger partial charge in [-0.1, -0.05) is 24.0 Å². The van der Waals surface area contributed by atoms with Crippen LogP contribution in [0.4, 0.5) is 0 Å². The zero-order valence-corrected chi connectivity index (χ0v) is 9.93. The monoisotopic (exact) mass is 243 g/mol. The van der Waals surface area contributed by atoms with Crippen molar-refractivity contribution in [3.05, 3.63) is 41.5 Å². The predicted molar refractivity (Wildman–Crippen MR) is 68.7 cm³/mol. The third-order valence-electron chi connectivity index (χ3n) is 1.99. The van der Waals surface area contributed by atoms with Gasteiger partial charge in [-0.3, -0.25) is 4.79 Å². The molecule has 1 aromatic rings. The number of amides is 1. The molecule has 0 aliphatic carbocycles. The smallest absolute Gasteiger partial charge is 0.328 e. The van der Waals surface area contributed by atoms with E-state index in [1.165, 1.54) is 13.0 Å². The van der Waals surface area contributed by atoms with Crippen molar-refractivity contribution in [1.82, 2.24) is 5.32 Å². The van der Waals surface area contributed by atoms with Crippen LogP contribution in [0, 0.1) is 11.8 Å². The Hall–Kier alpha value is -2.54. The number of rotatable bonds is 3. The molecule has 0 unspecified atom stereocenters. The van der Waals surface area contributed by atoms with Gasteiger partial charge in [0.1, 0.15) is 0 Å². The summed E-state index contributed by atoms with van der Waals surface area (Å²) in [7, 11) is 0. The molecule has 0 atom stereocenters. The Morgan fingerprint density at radius 2 is 2.00 bits per heavy atom. The van der Waals surface area contributed by atoms with Crippen LogP contribution in [0.15, 0.2) is 30.3 Å². The van der Waals surface area contributed by atoms with Crippen molar-refractivity contribution >= 4 is 18.0 Å². The Bertz CT molecular complexity index is 518. The average molecular weight is 243 g/mol. The molecule has 1 rings (SSSR count). The summed E-state index contributed by atoms with van der Waals surface area (Å²) in [4.78, 5) is 20.9. The van der Waals surface area contributed by atoms with Crippen molar-refractivity contribution in [3.8, 4) is 11.8 Å². The van der Waals surface area contributed by atoms with Crippen LogP contribution < -0.4 is 5.32 Å². The van der Waals surface area contributed by atoms with Crippen LogP contribution in [0.2, 0.25) is 0 Å². The first kappa shape index (κ1) is 13.5. The van der Waals surface area contributed by atoms with Gasteiger partial charge < -0.3 is 10.4 Å². The molecular weight excluding hydrogens is 230 g/mol. The van der Waals surface area contributed by atoms with Gasteiger partial charge in [0.05, 0.1) is 6.54 Å². The molecule has 0 saturated heterocycles. The van der Waals surface area contributed by atoms with Crippen LogP contribution in [0.1, 0.15) is 18.1 Å². The van der Waals surface area contributed by atoms with Crippen LogP contribution in [-0.2, 0) is 9.59 Å². The summed E-state index contributed by atoms with van der Waals surface area (Å²) in [6.07, 6.45) is 2.59. The summed E-state index contributed by atoms with van der Waals surface area (Å²) < 4.78 is 0. The van der Waals surface area contributed by atoms with E-state index in [2.05, 4.69) is 17.2 Å². The van der Waals surface area contributed by atoms with Gasteiger partial charge in [0, 0.05) is 18.6 Å². The number of carbonyl (C=O) groups excluding carboxylic acids is 1. The molecule has 2 N–H and O–H groups in total. The summed E-state index contributed by atoms with van der Waals surface area (Å²) in [5, 5.41) is 11.0. The minimum atomic E-state index is -0.978. The lowest BCUT2D eigenvalue weighted by molar-refractivity contribution is -0.131. The standard InChI is InChI=1S/C14H13NO3/c1-11(16)15-10-2-3-12-4-6-13(7-5-12)8-9-14(17)18/h4-9H,10H2,1H3,(H,15,16)(H,17,18)/b9-8+. The molecule has 18 heavy (non-hydrogen) atoms. The topological polar surface area (TPSA) is 66.4 Å². The molecule has 1 aromatic carbocycles. The van der Waals surface area contributed by atoms with Crippen molar-refractivity contribution in [1.29, 1.82) is 0 Å². The SMILES string of the molecule is CC(=O)NCC#Cc1ccc(/C=C/C(=O)O)cc1. The maximum absolute atomic E-state index is 10.6. The lowest BCUT2D eigenvalue weighted by Gasteiger charge is -1.94. The first-order valence-corrected chi connectivity index (χ1v) is 5.32. The fourth-order valence-corrected chi connectivity index (χ4v) is 1.16. The summed E-state index contributed by atoms with van der Waals surface area (Å²) in [5.74, 6) is 4.61. The molecule has 4 heteroatoms. The van der Waals surface area contributed by atoms with E-state index in [1.807, 2.05) is 0 Å². The number of hydrogen-bond acceptors (Lipinski definition) is 2. The van der Waals surface area contributed by atoms with Gasteiger partial charge in [-0.05, 0) is 23.8 Å². The van der Waals surface area contributed by atoms with Gasteiger partial charge in [0.25, 0.3) is 0 Å². The van der Waals surface area contributed by atoms with Crippen LogP contribution in [0.5, 0.6) is 0 Å². The van der Waals surface area contributed by atoms with Crippen LogP contribution in [-0.4, -0.2) is 23.5 Å². The van der Waals surface area contributed by atoms with E-state index in [1.54, 1.807) is 24.3 Å². The molecule has 1 amide bonds. The van der Waals surface area contributed by atoms with E-state index in [9.17, 15) is 9.59 Å². The lowest BCUT2D eigenvalue weighted by atomic mass is 10.1. The summed E-state index contributed by atoms with van der Waals surface area (Å²) in [6, 6.07) is 7.15. The second kappa shape index (κ2) is 6.92. The highest BCUT2D eigenvalue weighted by Gasteiger charge is 1.90. The van der Waals surface area contributed by atoms with Gasteiger partial charge in [-0.25, -0.2) is 4.79 Å². The number of carboxylic acids is 1. The lowest BCUT2D eigenvalue weighted by Crippen LogP contribution is -2.19. The Morgan fingerprint density at radius 3 is 2.56 bits per heavy atom. The molecule has 0 aromatic heterocycles. The Labute approximate surface area is 105 Å². The van der Waals surface area contributed by atoms with Crippen LogP contribution in [0.3, 0.4) is 0 Å². The van der Waals surface area contributed by atoms with Crippen molar-refractivity contribution in [2.24, 2.45) is 0 Å². The van der Waals surface area contributed by atoms with Gasteiger partial charge in [0.2, 0.25) is 5.91 Å². The van der Waals surface area contributed by atoms with Crippen LogP contribution >= 0.6 is 0 Å². The van der Waals surface area contributed by atoms with E-state index in [4.69, 9.17) is 5.11 Å². The first-order chi connectivity index (χ1) is 8.58. The number of benzene rings is 1. The van der Waals surface area contributed by atoms with Crippen molar-refractivity contribution in [3.63, 3.8) is 0 Å². The molecule has 0 aliphatic heterocycles. The summed E-state index contributed by atoms with van der Waals surface area (Å²) in [6.45, 7) is 1.75. The highest BCUT2D eigenvalue weighted by molar-refractivity contribution is 5.85. The second-order valence-corrected chi connectivity index (χ2v) is 3.51. The molecular formula is C14H13NO3. The Kier molecular flexibility index (Phi) is 5.20. The van der Waals surface area contributed by atoms with E-state index in [0.29, 0.717) is 6.54 Å². The zero-order chi connectivity index (χ0) is 13.4. The molecule has 4 nitrogen and oxygen atoms in total. The fraction of sp³-hybridized carbons (Fsp3) is 0.143. The maximum Gasteiger partial charge on any atom is 0.328 e. The van der Waals surface area contributed by atoms with E-state index in [-0.39, 0.29) is 5.91 Å². The van der Waals surface area contributed by atoms with Crippen LogP contribution in [0.25, 0.3) is 6.08 Å². The number of aliphatic carboxylic acids is 1. The zero-order valence-electron chi connectivity index (χ0n) is 9.93. The Morgan fingerprint density at radius 1 is 1.33 bits per heavy atom. The minimum absolute atomic E-state index is 0.113. The third kappa shape index (κ3) is 5.52. The number of carbonyl (C=O) groups is 2. The van der Waals surface area contributed by atoms with Gasteiger partial charge in [-0.15, -0.1) is 0 Å². The van der Waals surface area contributed by atoms with Crippen molar-refractivity contribution in [2.75, 3.05) is 6.54 Å². The molecule has 0 heterocycles. The Balaban J connectivity index is 2.60. The highest BCUT2D eigenvalue weighted by atomic mass is 16.4. The minimum Gasteiger partial charge on any atom is -0.478 e. The quantitative estimate of drug-likeness (QED) is 0.620. The second-order valence-electron chi connectivity index (χ2n) is 3.51. The average Bonchev–Trinajstić information content (AvgIpc) is 2.33. The first-order valence-electron chi connectivity index (χ1n) is 5.32. The van der Waals surface area contributed by atoms with E-state index >= 15 is 0 Å². The molecule has 0 aliphatic rings. The van der Waals surface area contributed by atoms with Gasteiger partial charge in [0.15, 0.2) is 0 Å². The molecule has 0 bridgehead atoms. The van der Waals surface area contributed by atoms with Gasteiger partial charge >= 0.3 is 5.97 Å². The van der Waals surface area contributed by atoms with Gasteiger partial charge in [-0.2, -0.15) is 0 Å². The number of nitrogens with one attached hydrogen (secondary N) is 1. The maximum atomic E-state index is 10.6. The fourth-order valence-electron chi connectivity index (χ4n) is 1.16. The van der Waals surface area contributed by atoms with E-state index in [0.717, 1.165) is 17.2 Å². The number of hydrogen-bond donors (Lipinski definition) is 2. The predicted octanol–water partition coefficient (Wildman–Crippen LogP) is 1.27. The van der Waals surface area contributed by atoms with Crippen molar-refractivity contribution in [2.45, 2.75) is 6.92 Å². The van der Waals surface area contributed by atoms with Crippen molar-refractivity contribution < 1.29 is 14.7 Å². The highest BCUT2D eigenvalue weighted by Crippen LogP contribution is 2.05.